The van der Waals surface area contributed by atoms with Gasteiger partial charge in [-0.05, 0) is 42.3 Å². The zero-order valence-corrected chi connectivity index (χ0v) is 14.7. The van der Waals surface area contributed by atoms with E-state index in [0.29, 0.717) is 75.3 Å². The van der Waals surface area contributed by atoms with Crippen molar-refractivity contribution in [3.8, 4) is 11.8 Å². The van der Waals surface area contributed by atoms with Crippen molar-refractivity contribution in [2.24, 2.45) is 0 Å². The molecular weight excluding hydrogens is 350 g/mol. The van der Waals surface area contributed by atoms with Crippen molar-refractivity contribution in [2.45, 2.75) is 38.5 Å². The lowest BCUT2D eigenvalue weighted by atomic mass is 9.79. The van der Waals surface area contributed by atoms with Gasteiger partial charge in [0.05, 0.1) is 11.1 Å². The van der Waals surface area contributed by atoms with E-state index >= 15 is 0 Å². The smallest absolute Gasteiger partial charge is 0.166 e. The predicted molar refractivity (Wildman–Crippen MR) is 97.3 cm³/mol. The summed E-state index contributed by atoms with van der Waals surface area (Å²) in [6, 6.07) is 5.77. The van der Waals surface area contributed by atoms with Gasteiger partial charge in [0.2, 0.25) is 0 Å². The van der Waals surface area contributed by atoms with Crippen molar-refractivity contribution in [2.75, 3.05) is 0 Å². The molecule has 5 heteroatoms. The molecule has 2 aromatic carbocycles. The molecule has 2 aliphatic carbocycles. The Balaban J connectivity index is 1.99. The second-order valence-electron chi connectivity index (χ2n) is 7.00. The maximum absolute atomic E-state index is 12.7. The molecule has 0 amide bonds. The Morgan fingerprint density at radius 1 is 1.04 bits per heavy atom. The van der Waals surface area contributed by atoms with Gasteiger partial charge in [-0.1, -0.05) is 11.6 Å². The predicted octanol–water partition coefficient (Wildman–Crippen LogP) is 4.74. The van der Waals surface area contributed by atoms with Crippen molar-refractivity contribution in [3.05, 3.63) is 45.2 Å². The third-order valence-electron chi connectivity index (χ3n) is 5.51. The summed E-state index contributed by atoms with van der Waals surface area (Å²) >= 11 is 6.37. The molecule has 1 heterocycles. The molecule has 128 valence electrons. The normalized spacial score (nSPS) is 18.3. The van der Waals surface area contributed by atoms with Gasteiger partial charge in [-0.3, -0.25) is 9.59 Å². The van der Waals surface area contributed by atoms with E-state index < -0.39 is 0 Å². The van der Waals surface area contributed by atoms with Gasteiger partial charge in [-0.15, -0.1) is 0 Å². The van der Waals surface area contributed by atoms with Crippen LogP contribution < -0.4 is 4.74 Å². The molecule has 5 rings (SSSR count). The van der Waals surface area contributed by atoms with E-state index in [9.17, 15) is 14.9 Å². The summed E-state index contributed by atoms with van der Waals surface area (Å²) in [4.78, 5) is 25.3. The first-order chi connectivity index (χ1) is 12.6. The lowest BCUT2D eigenvalue weighted by Gasteiger charge is -2.30. The number of Topliss-reactive ketones (excluding diaryl/α,β-unsaturated/α-hetero) is 2. The number of ether oxygens (including phenoxy) is 1. The molecule has 0 N–H and O–H groups in total. The van der Waals surface area contributed by atoms with Gasteiger partial charge in [0, 0.05) is 40.8 Å². The van der Waals surface area contributed by atoms with Crippen molar-refractivity contribution in [1.29, 1.82) is 5.26 Å². The van der Waals surface area contributed by atoms with E-state index in [4.69, 9.17) is 16.3 Å². The first kappa shape index (κ1) is 15.6. The molecule has 0 radical (unpaired) electrons. The summed E-state index contributed by atoms with van der Waals surface area (Å²) in [7, 11) is 0. The Kier molecular flexibility index (Phi) is 3.26. The summed E-state index contributed by atoms with van der Waals surface area (Å²) in [6.45, 7) is 0. The fraction of sp³-hybridized carbons (Fsp3) is 0.286. The van der Waals surface area contributed by atoms with Crippen molar-refractivity contribution in [1.82, 2.24) is 0 Å². The average molecular weight is 364 g/mol. The Hall–Kier alpha value is -2.64. The Bertz CT molecular complexity index is 1120. The molecule has 0 saturated heterocycles. The molecule has 0 fully saturated rings. The summed E-state index contributed by atoms with van der Waals surface area (Å²) < 4.78 is 6.12. The van der Waals surface area contributed by atoms with Gasteiger partial charge >= 0.3 is 0 Å². The highest BCUT2D eigenvalue weighted by Gasteiger charge is 2.35. The molecule has 0 saturated carbocycles. The highest BCUT2D eigenvalue weighted by atomic mass is 35.5. The number of hydrogen-bond donors (Lipinski definition) is 0. The van der Waals surface area contributed by atoms with Gasteiger partial charge in [-0.25, -0.2) is 0 Å². The zero-order chi connectivity index (χ0) is 18.0. The summed E-state index contributed by atoms with van der Waals surface area (Å²) in [5.74, 6) is 1.16. The lowest BCUT2D eigenvalue weighted by Crippen LogP contribution is -2.21. The largest absolute Gasteiger partial charge is 0.459 e. The number of benzene rings is 2. The number of hydrogen-bond acceptors (Lipinski definition) is 4. The van der Waals surface area contributed by atoms with Crippen LogP contribution in [-0.4, -0.2) is 11.6 Å². The number of nitrogens with zero attached hydrogens (tertiary/aromatic N) is 1. The van der Waals surface area contributed by atoms with Crippen LogP contribution in [0.3, 0.4) is 0 Å². The van der Waals surface area contributed by atoms with Crippen LogP contribution in [-0.2, 0) is 11.2 Å². The van der Waals surface area contributed by atoms with Crippen molar-refractivity contribution < 1.29 is 14.3 Å². The number of nitriles is 1. The third-order valence-corrected chi connectivity index (χ3v) is 5.73. The first-order valence-corrected chi connectivity index (χ1v) is 9.18. The van der Waals surface area contributed by atoms with E-state index in [1.54, 1.807) is 12.1 Å². The number of carbonyl (C=O) groups excluding carboxylic acids is 2. The molecule has 1 aliphatic heterocycles. The van der Waals surface area contributed by atoms with Crippen LogP contribution in [0.4, 0.5) is 0 Å². The molecule has 0 unspecified atom stereocenters. The highest BCUT2D eigenvalue weighted by Crippen LogP contribution is 2.49. The summed E-state index contributed by atoms with van der Waals surface area (Å²) in [6.07, 6.45) is 3.73. The van der Waals surface area contributed by atoms with Crippen molar-refractivity contribution >= 4 is 39.5 Å². The topological polar surface area (TPSA) is 67.2 Å². The third kappa shape index (κ3) is 1.95. The Morgan fingerprint density at radius 3 is 2.62 bits per heavy atom. The minimum absolute atomic E-state index is 0.0252. The SMILES string of the molecule is N#Cc1c2c(c3cc(Cl)cc4c3c1OC1=C4C(=O)CCC1)C(=O)CCC2. The van der Waals surface area contributed by atoms with Crippen LogP contribution >= 0.6 is 11.6 Å². The monoisotopic (exact) mass is 363 g/mol. The Labute approximate surface area is 155 Å². The van der Waals surface area contributed by atoms with E-state index in [2.05, 4.69) is 6.07 Å². The van der Waals surface area contributed by atoms with Crippen LogP contribution in [0.15, 0.2) is 17.9 Å². The van der Waals surface area contributed by atoms with Crippen LogP contribution in [0.1, 0.15) is 59.2 Å². The zero-order valence-electron chi connectivity index (χ0n) is 13.9. The molecule has 0 spiro atoms. The average Bonchev–Trinajstić information content (AvgIpc) is 2.61. The molecule has 0 bridgehead atoms. The number of ketones is 2. The van der Waals surface area contributed by atoms with Crippen molar-refractivity contribution in [3.63, 3.8) is 0 Å². The second-order valence-corrected chi connectivity index (χ2v) is 7.44. The summed E-state index contributed by atoms with van der Waals surface area (Å²) in [5.41, 5.74) is 3.01. The van der Waals surface area contributed by atoms with Gasteiger partial charge in [0.1, 0.15) is 11.8 Å². The first-order valence-electron chi connectivity index (χ1n) is 8.80. The molecule has 2 aromatic rings. The number of fused-ring (bicyclic) bond motifs is 3. The maximum Gasteiger partial charge on any atom is 0.166 e. The van der Waals surface area contributed by atoms with Gasteiger partial charge in [0.15, 0.2) is 17.3 Å². The fourth-order valence-corrected chi connectivity index (χ4v) is 4.69. The lowest BCUT2D eigenvalue weighted by molar-refractivity contribution is -0.114. The number of carbonyl (C=O) groups is 2. The van der Waals surface area contributed by atoms with E-state index in [1.165, 1.54) is 0 Å². The van der Waals surface area contributed by atoms with E-state index in [1.807, 2.05) is 0 Å². The minimum Gasteiger partial charge on any atom is -0.459 e. The molecule has 4 nitrogen and oxygen atoms in total. The molecule has 3 aliphatic rings. The highest BCUT2D eigenvalue weighted by molar-refractivity contribution is 6.34. The van der Waals surface area contributed by atoms with Crippen LogP contribution in [0.2, 0.25) is 5.02 Å². The van der Waals surface area contributed by atoms with E-state index in [-0.39, 0.29) is 11.6 Å². The molecule has 26 heavy (non-hydrogen) atoms. The van der Waals surface area contributed by atoms with E-state index in [0.717, 1.165) is 18.4 Å². The quantitative estimate of drug-likeness (QED) is 0.678. The van der Waals surface area contributed by atoms with Crippen LogP contribution in [0.5, 0.6) is 5.75 Å². The minimum atomic E-state index is 0.0252. The number of rotatable bonds is 0. The van der Waals surface area contributed by atoms with Crippen LogP contribution in [0.25, 0.3) is 16.3 Å². The molecule has 0 aromatic heterocycles. The second kappa shape index (κ2) is 5.43. The van der Waals surface area contributed by atoms with Gasteiger partial charge in [-0.2, -0.15) is 5.26 Å². The van der Waals surface area contributed by atoms with Gasteiger partial charge in [0.25, 0.3) is 0 Å². The Morgan fingerprint density at radius 2 is 1.81 bits per heavy atom. The van der Waals surface area contributed by atoms with Gasteiger partial charge < -0.3 is 4.74 Å². The molecule has 0 atom stereocenters. The summed E-state index contributed by atoms with van der Waals surface area (Å²) in [5, 5.41) is 11.7. The fourth-order valence-electron chi connectivity index (χ4n) is 4.48. The number of halogens is 1. The molecular formula is C21H14ClNO3. The van der Waals surface area contributed by atoms with Crippen LogP contribution in [0, 0.1) is 11.3 Å². The number of allylic oxidation sites excluding steroid dienone is 2. The standard InChI is InChI=1S/C21H14ClNO3/c22-10-7-12-18-11(3-1-4-15(18)24)14(9-23)21-19(12)13(8-10)20-16(25)5-2-6-17(20)26-21/h7-8H,1-6H2. The maximum atomic E-state index is 12.7.